The minimum atomic E-state index is -0.547. The molecule has 2 fully saturated rings. The van der Waals surface area contributed by atoms with Gasteiger partial charge in [0.05, 0.1) is 5.60 Å². The Hall–Kier alpha value is -1.40. The predicted octanol–water partition coefficient (Wildman–Crippen LogP) is 2.92. The summed E-state index contributed by atoms with van der Waals surface area (Å²) in [5.41, 5.74) is 2.55. The summed E-state index contributed by atoms with van der Waals surface area (Å²) in [6, 6.07) is 0.315. The van der Waals surface area contributed by atoms with Crippen molar-refractivity contribution in [3.8, 4) is 0 Å². The van der Waals surface area contributed by atoms with Gasteiger partial charge < -0.3 is 15.3 Å². The summed E-state index contributed by atoms with van der Waals surface area (Å²) in [7, 11) is 0. The van der Waals surface area contributed by atoms with Crippen LogP contribution in [0, 0.1) is 5.92 Å². The number of likely N-dealkylation sites (tertiary alicyclic amines) is 1. The number of nitrogens with zero attached hydrogens (tertiary/aromatic N) is 3. The molecule has 0 aromatic carbocycles. The maximum absolute atomic E-state index is 13.2. The van der Waals surface area contributed by atoms with Gasteiger partial charge in [-0.3, -0.25) is 9.48 Å². The van der Waals surface area contributed by atoms with Crippen LogP contribution in [0.3, 0.4) is 0 Å². The van der Waals surface area contributed by atoms with Gasteiger partial charge in [0.1, 0.15) is 0 Å². The normalized spacial score (nSPS) is 24.1. The van der Waals surface area contributed by atoms with Crippen molar-refractivity contribution >= 4 is 5.91 Å². The van der Waals surface area contributed by atoms with Crippen molar-refractivity contribution in [2.45, 2.75) is 96.2 Å². The number of aromatic nitrogens is 2. The number of fused-ring (bicyclic) bond motifs is 1. The molecule has 1 unspecified atom stereocenters. The summed E-state index contributed by atoms with van der Waals surface area (Å²) in [6.07, 6.45) is 10.4. The van der Waals surface area contributed by atoms with Crippen LogP contribution in [-0.4, -0.2) is 57.0 Å². The van der Waals surface area contributed by atoms with Gasteiger partial charge in [-0.2, -0.15) is 5.10 Å². The van der Waals surface area contributed by atoms with Crippen LogP contribution in [0.5, 0.6) is 0 Å². The summed E-state index contributed by atoms with van der Waals surface area (Å²) in [6.45, 7) is 7.66. The van der Waals surface area contributed by atoms with Crippen molar-refractivity contribution in [1.82, 2.24) is 20.0 Å². The Kier molecular flexibility index (Phi) is 6.30. The van der Waals surface area contributed by atoms with E-state index in [-0.39, 0.29) is 5.91 Å². The van der Waals surface area contributed by atoms with Crippen molar-refractivity contribution in [1.29, 1.82) is 0 Å². The molecule has 2 heterocycles. The highest BCUT2D eigenvalue weighted by molar-refractivity contribution is 5.94. The van der Waals surface area contributed by atoms with Gasteiger partial charge in [0, 0.05) is 43.5 Å². The van der Waals surface area contributed by atoms with Gasteiger partial charge >= 0.3 is 0 Å². The molecule has 0 spiro atoms. The van der Waals surface area contributed by atoms with Crippen LogP contribution in [0.4, 0.5) is 0 Å². The smallest absolute Gasteiger partial charge is 0.274 e. The molecule has 1 saturated carbocycles. The zero-order valence-electron chi connectivity index (χ0n) is 18.3. The Labute approximate surface area is 175 Å². The van der Waals surface area contributed by atoms with Gasteiger partial charge in [-0.25, -0.2) is 0 Å². The second-order valence-corrected chi connectivity index (χ2v) is 9.95. The van der Waals surface area contributed by atoms with E-state index < -0.39 is 5.60 Å². The monoisotopic (exact) mass is 402 g/mol. The molecule has 1 aromatic rings. The SMILES string of the molecule is CC(C)Cn1nc(C(=O)N2CCCC2)c2c1CCC(NCC1(O)CCCCC1)C2. The van der Waals surface area contributed by atoms with E-state index in [2.05, 4.69) is 23.8 Å². The number of rotatable bonds is 6. The molecule has 4 rings (SSSR count). The fourth-order valence-corrected chi connectivity index (χ4v) is 5.32. The van der Waals surface area contributed by atoms with E-state index >= 15 is 0 Å². The molecule has 2 N–H and O–H groups in total. The number of carbonyl (C=O) groups excluding carboxylic acids is 1. The molecule has 6 heteroatoms. The Morgan fingerprint density at radius 2 is 1.93 bits per heavy atom. The summed E-state index contributed by atoms with van der Waals surface area (Å²) in [5, 5.41) is 19.3. The van der Waals surface area contributed by atoms with Crippen LogP contribution < -0.4 is 5.32 Å². The number of aliphatic hydroxyl groups is 1. The van der Waals surface area contributed by atoms with Crippen molar-refractivity contribution in [2.75, 3.05) is 19.6 Å². The fraction of sp³-hybridized carbons (Fsp3) is 0.826. The average molecular weight is 403 g/mol. The first-order chi connectivity index (χ1) is 14.0. The van der Waals surface area contributed by atoms with Crippen molar-refractivity contribution in [3.63, 3.8) is 0 Å². The lowest BCUT2D eigenvalue weighted by Gasteiger charge is -2.35. The van der Waals surface area contributed by atoms with E-state index in [0.717, 1.165) is 83.0 Å². The van der Waals surface area contributed by atoms with Gasteiger partial charge in [-0.05, 0) is 50.9 Å². The standard InChI is InChI=1S/C23H38N4O2/c1-17(2)15-27-20-9-8-18(24-16-23(29)10-4-3-5-11-23)14-19(20)21(25-27)22(28)26-12-6-7-13-26/h17-18,24,29H,3-16H2,1-2H3. The van der Waals surface area contributed by atoms with Crippen molar-refractivity contribution < 1.29 is 9.90 Å². The zero-order chi connectivity index (χ0) is 20.4. The van der Waals surface area contributed by atoms with Gasteiger partial charge in [0.2, 0.25) is 0 Å². The molecule has 6 nitrogen and oxygen atoms in total. The summed E-state index contributed by atoms with van der Waals surface area (Å²) >= 11 is 0. The topological polar surface area (TPSA) is 70.4 Å². The Bertz CT molecular complexity index is 715. The van der Waals surface area contributed by atoms with Gasteiger partial charge in [0.15, 0.2) is 5.69 Å². The highest BCUT2D eigenvalue weighted by Gasteiger charge is 2.34. The minimum absolute atomic E-state index is 0.118. The highest BCUT2D eigenvalue weighted by Crippen LogP contribution is 2.30. The summed E-state index contributed by atoms with van der Waals surface area (Å²) < 4.78 is 2.11. The van der Waals surface area contributed by atoms with E-state index in [1.807, 2.05) is 4.90 Å². The minimum Gasteiger partial charge on any atom is -0.389 e. The van der Waals surface area contributed by atoms with Crippen LogP contribution in [0.1, 0.15) is 87.0 Å². The van der Waals surface area contributed by atoms with E-state index in [4.69, 9.17) is 5.10 Å². The third-order valence-corrected chi connectivity index (χ3v) is 6.98. The molecular formula is C23H38N4O2. The number of carbonyl (C=O) groups is 1. The van der Waals surface area contributed by atoms with E-state index in [0.29, 0.717) is 24.2 Å². The van der Waals surface area contributed by atoms with Crippen LogP contribution in [-0.2, 0) is 19.4 Å². The van der Waals surface area contributed by atoms with Crippen molar-refractivity contribution in [2.24, 2.45) is 5.92 Å². The second-order valence-electron chi connectivity index (χ2n) is 9.95. The van der Waals surface area contributed by atoms with Crippen molar-refractivity contribution in [3.05, 3.63) is 17.0 Å². The van der Waals surface area contributed by atoms with Gasteiger partial charge in [-0.1, -0.05) is 33.1 Å². The summed E-state index contributed by atoms with van der Waals surface area (Å²) in [4.78, 5) is 15.1. The Morgan fingerprint density at radius 3 is 2.62 bits per heavy atom. The highest BCUT2D eigenvalue weighted by atomic mass is 16.3. The van der Waals surface area contributed by atoms with E-state index in [1.165, 1.54) is 12.1 Å². The molecule has 2 aliphatic carbocycles. The fourth-order valence-electron chi connectivity index (χ4n) is 5.32. The number of amides is 1. The predicted molar refractivity (Wildman–Crippen MR) is 114 cm³/mol. The van der Waals surface area contributed by atoms with Crippen LogP contribution >= 0.6 is 0 Å². The zero-order valence-corrected chi connectivity index (χ0v) is 18.3. The lowest BCUT2D eigenvalue weighted by atomic mass is 9.84. The second kappa shape index (κ2) is 8.76. The first kappa shape index (κ1) is 20.9. The van der Waals surface area contributed by atoms with E-state index in [9.17, 15) is 9.90 Å². The Morgan fingerprint density at radius 1 is 1.21 bits per heavy atom. The van der Waals surface area contributed by atoms with Gasteiger partial charge in [-0.15, -0.1) is 0 Å². The molecule has 29 heavy (non-hydrogen) atoms. The molecule has 3 aliphatic rings. The number of hydrogen-bond donors (Lipinski definition) is 2. The lowest BCUT2D eigenvalue weighted by Crippen LogP contribution is -2.47. The average Bonchev–Trinajstić information content (AvgIpc) is 3.35. The lowest BCUT2D eigenvalue weighted by molar-refractivity contribution is 0.00227. The van der Waals surface area contributed by atoms with Crippen LogP contribution in [0.25, 0.3) is 0 Å². The molecule has 162 valence electrons. The molecule has 0 radical (unpaired) electrons. The molecule has 1 saturated heterocycles. The first-order valence-electron chi connectivity index (χ1n) is 11.8. The molecule has 0 bridgehead atoms. The molecule has 1 amide bonds. The maximum Gasteiger partial charge on any atom is 0.274 e. The first-order valence-corrected chi connectivity index (χ1v) is 11.8. The van der Waals surface area contributed by atoms with E-state index in [1.54, 1.807) is 0 Å². The largest absolute Gasteiger partial charge is 0.389 e. The van der Waals surface area contributed by atoms with Crippen LogP contribution in [0.15, 0.2) is 0 Å². The van der Waals surface area contributed by atoms with Gasteiger partial charge in [0.25, 0.3) is 5.91 Å². The molecule has 1 aliphatic heterocycles. The maximum atomic E-state index is 13.2. The quantitative estimate of drug-likeness (QED) is 0.768. The molecule has 1 aromatic heterocycles. The molecule has 1 atom stereocenters. The third-order valence-electron chi connectivity index (χ3n) is 6.98. The van der Waals surface area contributed by atoms with Crippen LogP contribution in [0.2, 0.25) is 0 Å². The number of hydrogen-bond acceptors (Lipinski definition) is 4. The summed E-state index contributed by atoms with van der Waals surface area (Å²) in [5.74, 6) is 0.623. The number of nitrogens with one attached hydrogen (secondary N) is 1. The third kappa shape index (κ3) is 4.69. The Balaban J connectivity index is 1.50. The molecular weight excluding hydrogens is 364 g/mol.